The fourth-order valence-electron chi connectivity index (χ4n) is 5.54. The van der Waals surface area contributed by atoms with Crippen LogP contribution < -0.4 is 19.9 Å². The molecule has 1 aromatic heterocycles. The van der Waals surface area contributed by atoms with E-state index in [4.69, 9.17) is 26.3 Å². The van der Waals surface area contributed by atoms with Gasteiger partial charge in [0.05, 0.1) is 24.4 Å². The molecule has 2 saturated heterocycles. The van der Waals surface area contributed by atoms with Crippen molar-refractivity contribution in [3.63, 3.8) is 0 Å². The number of hydrogen-bond donors (Lipinski definition) is 1. The summed E-state index contributed by atoms with van der Waals surface area (Å²) in [5.74, 6) is 1.00. The second kappa shape index (κ2) is 11.2. The number of ether oxygens (including phenoxy) is 1. The van der Waals surface area contributed by atoms with E-state index in [1.165, 1.54) is 31.5 Å². The minimum atomic E-state index is 0.430. The van der Waals surface area contributed by atoms with Crippen LogP contribution in [0.5, 0.6) is 6.01 Å². The first-order valence-corrected chi connectivity index (χ1v) is 13.4. The van der Waals surface area contributed by atoms with Crippen LogP contribution >= 0.6 is 11.6 Å². The number of hydrogen-bond acceptors (Lipinski definition) is 7. The number of fused-ring (bicyclic) bond motifs is 2. The minimum absolute atomic E-state index is 0.430. The lowest BCUT2D eigenvalue weighted by Gasteiger charge is -2.34. The topological polar surface area (TPSA) is 56.8 Å². The Bertz CT molecular complexity index is 1190. The van der Waals surface area contributed by atoms with Crippen LogP contribution in [-0.2, 0) is 13.0 Å². The lowest BCUT2D eigenvalue weighted by molar-refractivity contribution is 0.376. The maximum atomic E-state index is 6.58. The van der Waals surface area contributed by atoms with E-state index in [1.807, 2.05) is 12.1 Å². The molecule has 0 aliphatic carbocycles. The third-order valence-corrected chi connectivity index (χ3v) is 7.94. The van der Waals surface area contributed by atoms with Gasteiger partial charge in [0.1, 0.15) is 5.82 Å². The van der Waals surface area contributed by atoms with Gasteiger partial charge in [-0.1, -0.05) is 35.9 Å². The highest BCUT2D eigenvalue weighted by Gasteiger charge is 2.29. The molecule has 8 heteroatoms. The van der Waals surface area contributed by atoms with E-state index in [-0.39, 0.29) is 0 Å². The molecule has 0 radical (unpaired) electrons. The Balaban J connectivity index is 0.000000391. The maximum absolute atomic E-state index is 6.58. The van der Waals surface area contributed by atoms with Gasteiger partial charge < -0.3 is 24.8 Å². The van der Waals surface area contributed by atoms with E-state index in [9.17, 15) is 0 Å². The molecule has 4 heterocycles. The van der Waals surface area contributed by atoms with E-state index in [0.29, 0.717) is 18.6 Å². The van der Waals surface area contributed by atoms with E-state index in [0.717, 1.165) is 65.5 Å². The van der Waals surface area contributed by atoms with Crippen LogP contribution in [0.4, 0.5) is 11.5 Å². The molecule has 0 amide bonds. The Morgan fingerprint density at radius 2 is 1.86 bits per heavy atom. The van der Waals surface area contributed by atoms with Gasteiger partial charge in [-0.2, -0.15) is 9.97 Å². The van der Waals surface area contributed by atoms with Crippen molar-refractivity contribution in [1.29, 1.82) is 0 Å². The zero-order valence-corrected chi connectivity index (χ0v) is 22.4. The van der Waals surface area contributed by atoms with E-state index in [2.05, 4.69) is 58.4 Å². The molecule has 36 heavy (non-hydrogen) atoms. The van der Waals surface area contributed by atoms with Gasteiger partial charge >= 0.3 is 6.01 Å². The third kappa shape index (κ3) is 5.24. The monoisotopic (exact) mass is 508 g/mol. The molecule has 0 saturated carbocycles. The molecule has 3 aliphatic rings. The summed E-state index contributed by atoms with van der Waals surface area (Å²) in [6, 6.07) is 13.3. The molecule has 192 valence electrons. The lowest BCUT2D eigenvalue weighted by atomic mass is 10.0. The van der Waals surface area contributed by atoms with Crippen molar-refractivity contribution in [2.45, 2.75) is 38.3 Å². The number of anilines is 2. The molecular weight excluding hydrogens is 472 g/mol. The highest BCUT2D eigenvalue weighted by Crippen LogP contribution is 2.37. The van der Waals surface area contributed by atoms with Crippen molar-refractivity contribution in [3.8, 4) is 6.01 Å². The first-order chi connectivity index (χ1) is 17.5. The summed E-state index contributed by atoms with van der Waals surface area (Å²) >= 11 is 6.58. The molecule has 2 fully saturated rings. The first-order valence-electron chi connectivity index (χ1n) is 13.0. The number of benzene rings is 2. The van der Waals surface area contributed by atoms with Gasteiger partial charge in [-0.05, 0) is 69.9 Å². The molecule has 2 aromatic carbocycles. The molecule has 0 bridgehead atoms. The third-order valence-electron chi connectivity index (χ3n) is 7.62. The number of rotatable bonds is 4. The Morgan fingerprint density at radius 1 is 1.08 bits per heavy atom. The van der Waals surface area contributed by atoms with Gasteiger partial charge in [0.25, 0.3) is 0 Å². The molecule has 1 unspecified atom stereocenters. The van der Waals surface area contributed by atoms with Crippen molar-refractivity contribution in [3.05, 3.63) is 52.7 Å². The summed E-state index contributed by atoms with van der Waals surface area (Å²) in [4.78, 5) is 16.5. The fourth-order valence-corrected chi connectivity index (χ4v) is 5.81. The number of nitrogens with one attached hydrogen (secondary N) is 1. The minimum Gasteiger partial charge on any atom is -0.467 e. The molecular formula is C28H37ClN6O. The van der Waals surface area contributed by atoms with Gasteiger partial charge in [0.15, 0.2) is 0 Å². The van der Waals surface area contributed by atoms with Gasteiger partial charge in [0, 0.05) is 42.8 Å². The van der Waals surface area contributed by atoms with Crippen molar-refractivity contribution in [2.75, 3.05) is 63.7 Å². The quantitative estimate of drug-likeness (QED) is 0.561. The zero-order valence-electron chi connectivity index (χ0n) is 21.6. The molecule has 1 atom stereocenters. The molecule has 7 nitrogen and oxygen atoms in total. The normalized spacial score (nSPS) is 19.7. The summed E-state index contributed by atoms with van der Waals surface area (Å²) in [6.45, 7) is 6.28. The lowest BCUT2D eigenvalue weighted by Crippen LogP contribution is -2.37. The Morgan fingerprint density at radius 3 is 2.53 bits per heavy atom. The SMILES string of the molecule is CN1CCCC1.COc1nc2c(c(N(C)C3CCNC3)n1)CCN(c1cccc3cccc(Cl)c13)C2. The Labute approximate surface area is 219 Å². The number of aromatic nitrogens is 2. The van der Waals surface area contributed by atoms with E-state index in [1.54, 1.807) is 7.11 Å². The average molecular weight is 509 g/mol. The van der Waals surface area contributed by atoms with Crippen LogP contribution in [0.2, 0.25) is 5.02 Å². The van der Waals surface area contributed by atoms with Crippen LogP contribution in [0.15, 0.2) is 36.4 Å². The van der Waals surface area contributed by atoms with Gasteiger partial charge in [0.2, 0.25) is 0 Å². The summed E-state index contributed by atoms with van der Waals surface area (Å²) in [5.41, 5.74) is 3.41. The number of likely N-dealkylation sites (tertiary alicyclic amines) is 1. The summed E-state index contributed by atoms with van der Waals surface area (Å²) in [7, 11) is 5.94. The summed E-state index contributed by atoms with van der Waals surface area (Å²) < 4.78 is 5.46. The second-order valence-corrected chi connectivity index (χ2v) is 10.4. The second-order valence-electron chi connectivity index (χ2n) is 10.0. The van der Waals surface area contributed by atoms with Crippen LogP contribution in [0.3, 0.4) is 0 Å². The summed E-state index contributed by atoms with van der Waals surface area (Å²) in [6.07, 6.45) is 4.84. The number of halogens is 1. The van der Waals surface area contributed by atoms with Crippen LogP contribution in [0, 0.1) is 0 Å². The number of nitrogens with zero attached hydrogens (tertiary/aromatic N) is 5. The van der Waals surface area contributed by atoms with E-state index >= 15 is 0 Å². The Hall–Kier alpha value is -2.61. The zero-order chi connectivity index (χ0) is 25.1. The number of likely N-dealkylation sites (N-methyl/N-ethyl adjacent to an activating group) is 1. The predicted molar refractivity (Wildman–Crippen MR) is 149 cm³/mol. The molecule has 3 aliphatic heterocycles. The first kappa shape index (κ1) is 25.1. The van der Waals surface area contributed by atoms with Crippen LogP contribution in [-0.4, -0.2) is 74.8 Å². The highest BCUT2D eigenvalue weighted by molar-refractivity contribution is 6.36. The van der Waals surface area contributed by atoms with Gasteiger partial charge in [-0.25, -0.2) is 0 Å². The highest BCUT2D eigenvalue weighted by atomic mass is 35.5. The summed E-state index contributed by atoms with van der Waals surface area (Å²) in [5, 5.41) is 6.48. The maximum Gasteiger partial charge on any atom is 0.318 e. The number of methoxy groups -OCH3 is 1. The fraction of sp³-hybridized carbons (Fsp3) is 0.500. The predicted octanol–water partition coefficient (Wildman–Crippen LogP) is 4.36. The smallest absolute Gasteiger partial charge is 0.318 e. The van der Waals surface area contributed by atoms with Gasteiger partial charge in [-0.15, -0.1) is 0 Å². The van der Waals surface area contributed by atoms with Crippen molar-refractivity contribution in [2.24, 2.45) is 0 Å². The van der Waals surface area contributed by atoms with Crippen molar-refractivity contribution >= 4 is 33.9 Å². The van der Waals surface area contributed by atoms with Crippen LogP contribution in [0.25, 0.3) is 10.8 Å². The standard InChI is InChI=1S/C23H26ClN5O.C5H11N/c1-28(16-9-11-25-13-16)22-17-10-12-29(14-19(17)26-23(27-22)30-2)20-8-4-6-15-5-3-7-18(24)21(15)20;1-6-4-2-3-5-6/h3-8,16,25H,9-14H2,1-2H3;2-5H2,1H3. The largest absolute Gasteiger partial charge is 0.467 e. The molecule has 1 N–H and O–H groups in total. The van der Waals surface area contributed by atoms with Crippen molar-refractivity contribution < 1.29 is 4.74 Å². The molecule has 3 aromatic rings. The van der Waals surface area contributed by atoms with Crippen LogP contribution in [0.1, 0.15) is 30.5 Å². The molecule has 0 spiro atoms. The van der Waals surface area contributed by atoms with Crippen molar-refractivity contribution in [1.82, 2.24) is 20.2 Å². The van der Waals surface area contributed by atoms with E-state index < -0.39 is 0 Å². The van der Waals surface area contributed by atoms with Gasteiger partial charge in [-0.3, -0.25) is 0 Å². The molecule has 6 rings (SSSR count). The Kier molecular flexibility index (Phi) is 7.79. The average Bonchev–Trinajstić information content (AvgIpc) is 3.62.